The van der Waals surface area contributed by atoms with Crippen LogP contribution in [0.4, 0.5) is 22.9 Å². The molecule has 0 aliphatic rings. The predicted molar refractivity (Wildman–Crippen MR) is 107 cm³/mol. The number of nitrogens with zero attached hydrogens (tertiary/aromatic N) is 2. The van der Waals surface area contributed by atoms with Gasteiger partial charge in [0.05, 0.1) is 11.9 Å². The number of aryl methyl sites for hydroxylation is 1. The minimum absolute atomic E-state index is 0.143. The highest BCUT2D eigenvalue weighted by Crippen LogP contribution is 2.20. The van der Waals surface area contributed by atoms with E-state index in [-0.39, 0.29) is 5.91 Å². The van der Waals surface area contributed by atoms with E-state index < -0.39 is 0 Å². The summed E-state index contributed by atoms with van der Waals surface area (Å²) in [6, 6.07) is 19.2. The molecule has 0 atom stereocenters. The Labute approximate surface area is 153 Å². The molecule has 1 amide bonds. The highest BCUT2D eigenvalue weighted by Gasteiger charge is 2.06. The summed E-state index contributed by atoms with van der Waals surface area (Å²) in [5.41, 5.74) is 4.44. The van der Waals surface area contributed by atoms with Crippen molar-refractivity contribution in [1.29, 1.82) is 0 Å². The summed E-state index contributed by atoms with van der Waals surface area (Å²) in [4.78, 5) is 18.7. The van der Waals surface area contributed by atoms with Gasteiger partial charge in [-0.2, -0.15) is 0 Å². The number of hydrogen-bond donors (Lipinski definition) is 2. The first-order chi connectivity index (χ1) is 12.5. The van der Waals surface area contributed by atoms with Gasteiger partial charge in [0.1, 0.15) is 5.82 Å². The van der Waals surface area contributed by atoms with Crippen LogP contribution in [0, 0.1) is 6.92 Å². The fourth-order valence-corrected chi connectivity index (χ4v) is 2.52. The van der Waals surface area contributed by atoms with E-state index in [1.165, 1.54) is 0 Å². The van der Waals surface area contributed by atoms with Gasteiger partial charge < -0.3 is 15.5 Å². The topological polar surface area (TPSA) is 57.3 Å². The van der Waals surface area contributed by atoms with Crippen molar-refractivity contribution in [2.75, 3.05) is 29.6 Å². The van der Waals surface area contributed by atoms with Gasteiger partial charge in [0.15, 0.2) is 0 Å². The van der Waals surface area contributed by atoms with Gasteiger partial charge in [-0.25, -0.2) is 4.98 Å². The normalized spacial score (nSPS) is 10.3. The molecule has 5 heteroatoms. The van der Waals surface area contributed by atoms with Crippen LogP contribution in [0.15, 0.2) is 66.9 Å². The van der Waals surface area contributed by atoms with Crippen LogP contribution in [0.5, 0.6) is 0 Å². The molecule has 3 rings (SSSR count). The van der Waals surface area contributed by atoms with Gasteiger partial charge in [0, 0.05) is 31.0 Å². The zero-order valence-corrected chi connectivity index (χ0v) is 15.2. The second-order valence-electron chi connectivity index (χ2n) is 6.32. The summed E-state index contributed by atoms with van der Waals surface area (Å²) >= 11 is 0. The Kier molecular flexibility index (Phi) is 5.17. The third-order valence-corrected chi connectivity index (χ3v) is 3.96. The van der Waals surface area contributed by atoms with Crippen molar-refractivity contribution in [3.8, 4) is 0 Å². The standard InChI is InChI=1S/C21H22N4O/c1-15-5-4-6-16(13-15)21(26)24-18-9-12-20(22-14-18)23-17-7-10-19(11-8-17)25(2)3/h4-14H,1-3H3,(H,22,23)(H,24,26). The zero-order chi connectivity index (χ0) is 18.5. The Morgan fingerprint density at radius 1 is 0.962 bits per heavy atom. The minimum Gasteiger partial charge on any atom is -0.378 e. The highest BCUT2D eigenvalue weighted by atomic mass is 16.1. The van der Waals surface area contributed by atoms with Gasteiger partial charge in [-0.15, -0.1) is 0 Å². The van der Waals surface area contributed by atoms with Crippen molar-refractivity contribution in [2.45, 2.75) is 6.92 Å². The molecular weight excluding hydrogens is 324 g/mol. The molecule has 0 saturated heterocycles. The summed E-state index contributed by atoms with van der Waals surface area (Å²) in [5, 5.41) is 6.11. The zero-order valence-electron chi connectivity index (χ0n) is 15.2. The molecule has 26 heavy (non-hydrogen) atoms. The van der Waals surface area contributed by atoms with Crippen molar-refractivity contribution in [2.24, 2.45) is 0 Å². The molecule has 0 spiro atoms. The van der Waals surface area contributed by atoms with Crippen LogP contribution >= 0.6 is 0 Å². The molecule has 3 aromatic rings. The molecule has 132 valence electrons. The molecule has 2 N–H and O–H groups in total. The molecule has 0 bridgehead atoms. The lowest BCUT2D eigenvalue weighted by atomic mass is 10.1. The van der Waals surface area contributed by atoms with Crippen LogP contribution < -0.4 is 15.5 Å². The van der Waals surface area contributed by atoms with Crippen LogP contribution in [0.1, 0.15) is 15.9 Å². The van der Waals surface area contributed by atoms with E-state index >= 15 is 0 Å². The molecule has 0 aliphatic carbocycles. The Bertz CT molecular complexity index is 887. The Balaban J connectivity index is 1.64. The number of benzene rings is 2. The molecule has 2 aromatic carbocycles. The second-order valence-corrected chi connectivity index (χ2v) is 6.32. The van der Waals surface area contributed by atoms with E-state index in [0.29, 0.717) is 11.3 Å². The van der Waals surface area contributed by atoms with Gasteiger partial charge in [0.25, 0.3) is 5.91 Å². The quantitative estimate of drug-likeness (QED) is 0.716. The van der Waals surface area contributed by atoms with Crippen molar-refractivity contribution in [3.63, 3.8) is 0 Å². The molecule has 0 aliphatic heterocycles. The van der Waals surface area contributed by atoms with Crippen molar-refractivity contribution in [3.05, 3.63) is 78.0 Å². The van der Waals surface area contributed by atoms with Gasteiger partial charge in [-0.3, -0.25) is 4.79 Å². The van der Waals surface area contributed by atoms with Crippen LogP contribution in [-0.2, 0) is 0 Å². The number of hydrogen-bond acceptors (Lipinski definition) is 4. The largest absolute Gasteiger partial charge is 0.378 e. The first-order valence-corrected chi connectivity index (χ1v) is 8.40. The lowest BCUT2D eigenvalue weighted by molar-refractivity contribution is 0.102. The van der Waals surface area contributed by atoms with Gasteiger partial charge in [-0.1, -0.05) is 17.7 Å². The van der Waals surface area contributed by atoms with E-state index in [1.807, 2.05) is 80.5 Å². The average Bonchev–Trinajstić information content (AvgIpc) is 2.64. The Morgan fingerprint density at radius 2 is 1.69 bits per heavy atom. The monoisotopic (exact) mass is 346 g/mol. The smallest absolute Gasteiger partial charge is 0.255 e. The SMILES string of the molecule is Cc1cccc(C(=O)Nc2ccc(Nc3ccc(N(C)C)cc3)nc2)c1. The number of pyridine rings is 1. The maximum absolute atomic E-state index is 12.3. The lowest BCUT2D eigenvalue weighted by Gasteiger charge is -2.13. The van der Waals surface area contributed by atoms with Gasteiger partial charge in [0.2, 0.25) is 0 Å². The number of carbonyl (C=O) groups is 1. The van der Waals surface area contributed by atoms with E-state index in [1.54, 1.807) is 12.3 Å². The van der Waals surface area contributed by atoms with Crippen molar-refractivity contribution < 1.29 is 4.79 Å². The summed E-state index contributed by atoms with van der Waals surface area (Å²) in [7, 11) is 4.02. The number of amides is 1. The van der Waals surface area contributed by atoms with Gasteiger partial charge in [-0.05, 0) is 55.5 Å². The fraction of sp³-hybridized carbons (Fsp3) is 0.143. The van der Waals surface area contributed by atoms with Crippen LogP contribution in [0.2, 0.25) is 0 Å². The Morgan fingerprint density at radius 3 is 2.31 bits per heavy atom. The van der Waals surface area contributed by atoms with Crippen LogP contribution in [0.25, 0.3) is 0 Å². The van der Waals surface area contributed by atoms with Crippen molar-refractivity contribution >= 4 is 28.8 Å². The van der Waals surface area contributed by atoms with E-state index in [9.17, 15) is 4.79 Å². The molecular formula is C21H22N4O. The molecule has 0 unspecified atom stereocenters. The van der Waals surface area contributed by atoms with Crippen LogP contribution in [-0.4, -0.2) is 25.0 Å². The summed E-state index contributed by atoms with van der Waals surface area (Å²) in [5.74, 6) is 0.576. The number of rotatable bonds is 5. The molecule has 1 aromatic heterocycles. The summed E-state index contributed by atoms with van der Waals surface area (Å²) in [6.45, 7) is 1.96. The van der Waals surface area contributed by atoms with E-state index in [0.717, 1.165) is 22.8 Å². The van der Waals surface area contributed by atoms with Crippen molar-refractivity contribution in [1.82, 2.24) is 4.98 Å². The third-order valence-electron chi connectivity index (χ3n) is 3.96. The lowest BCUT2D eigenvalue weighted by Crippen LogP contribution is -2.12. The predicted octanol–water partition coefficient (Wildman–Crippen LogP) is 4.45. The number of anilines is 4. The molecule has 0 fully saturated rings. The van der Waals surface area contributed by atoms with E-state index in [2.05, 4.69) is 15.6 Å². The Hall–Kier alpha value is -3.34. The third kappa shape index (κ3) is 4.39. The molecule has 0 saturated carbocycles. The summed E-state index contributed by atoms with van der Waals surface area (Å²) in [6.07, 6.45) is 1.64. The minimum atomic E-state index is -0.143. The fourth-order valence-electron chi connectivity index (χ4n) is 2.52. The maximum atomic E-state index is 12.3. The highest BCUT2D eigenvalue weighted by molar-refractivity contribution is 6.04. The molecule has 0 radical (unpaired) electrons. The molecule has 5 nitrogen and oxygen atoms in total. The second kappa shape index (κ2) is 7.70. The molecule has 1 heterocycles. The maximum Gasteiger partial charge on any atom is 0.255 e. The van der Waals surface area contributed by atoms with Crippen LogP contribution in [0.3, 0.4) is 0 Å². The number of nitrogens with one attached hydrogen (secondary N) is 2. The first-order valence-electron chi connectivity index (χ1n) is 8.40. The van der Waals surface area contributed by atoms with Gasteiger partial charge >= 0.3 is 0 Å². The number of aromatic nitrogens is 1. The van der Waals surface area contributed by atoms with E-state index in [4.69, 9.17) is 0 Å². The number of carbonyl (C=O) groups excluding carboxylic acids is 1. The first kappa shape index (κ1) is 17.5. The average molecular weight is 346 g/mol. The summed E-state index contributed by atoms with van der Waals surface area (Å²) < 4.78 is 0.